The van der Waals surface area contributed by atoms with Gasteiger partial charge in [0.25, 0.3) is 0 Å². The maximum Gasteiger partial charge on any atom is 0.166 e. The lowest BCUT2D eigenvalue weighted by molar-refractivity contribution is -0.124. The van der Waals surface area contributed by atoms with E-state index in [1.54, 1.807) is 0 Å². The quantitative estimate of drug-likeness (QED) is 0.440. The summed E-state index contributed by atoms with van der Waals surface area (Å²) in [4.78, 5) is 9.59. The van der Waals surface area contributed by atoms with Gasteiger partial charge < -0.3 is 0 Å². The van der Waals surface area contributed by atoms with Gasteiger partial charge in [0, 0.05) is 18.3 Å². The van der Waals surface area contributed by atoms with Gasteiger partial charge in [0.1, 0.15) is 15.5 Å². The monoisotopic (exact) mass is 378 g/mol. The summed E-state index contributed by atoms with van der Waals surface area (Å²) in [6, 6.07) is 0. The predicted octanol–water partition coefficient (Wildman–Crippen LogP) is 4.67. The average molecular weight is 381 g/mol. The molecule has 4 aliphatic rings. The summed E-state index contributed by atoms with van der Waals surface area (Å²) >= 11 is 39.0. The Morgan fingerprint density at radius 2 is 1.47 bits per heavy atom. The molecule has 0 aromatic rings. The molecule has 4 aliphatic carbocycles. The van der Waals surface area contributed by atoms with Gasteiger partial charge in [0.2, 0.25) is 0 Å². The summed E-state index contributed by atoms with van der Waals surface area (Å²) < 4.78 is -1.49. The van der Waals surface area contributed by atoms with Crippen LogP contribution in [-0.2, 0) is 4.79 Å². The fourth-order valence-electron chi connectivity index (χ4n) is 4.78. The maximum absolute atomic E-state index is 12.0. The van der Waals surface area contributed by atoms with Gasteiger partial charge in [0.05, 0.1) is 10.1 Å². The van der Waals surface area contributed by atoms with E-state index in [1.807, 2.05) is 0 Å². The van der Waals surface area contributed by atoms with Crippen LogP contribution in [0.2, 0.25) is 0 Å². The molecule has 0 aliphatic heterocycles. The molecule has 0 amide bonds. The Balaban J connectivity index is 2.01. The van der Waals surface area contributed by atoms with Gasteiger partial charge in [-0.2, -0.15) is 0 Å². The first-order valence-corrected chi connectivity index (χ1v) is 8.30. The molecule has 0 aromatic heterocycles. The van der Waals surface area contributed by atoms with Crippen LogP contribution in [0.15, 0.2) is 10.1 Å². The third-order valence-corrected chi connectivity index (χ3v) is 9.72. The Hall–Kier alpha value is 1.15. The van der Waals surface area contributed by atoms with Gasteiger partial charge in [-0.25, -0.2) is 0 Å². The Kier molecular flexibility index (Phi) is 2.58. The fraction of sp³-hybridized carbons (Fsp3) is 0.750. The number of halogens is 6. The Morgan fingerprint density at radius 1 is 0.947 bits per heavy atom. The summed E-state index contributed by atoms with van der Waals surface area (Å²) in [6.07, 6.45) is 1.30. The van der Waals surface area contributed by atoms with Crippen molar-refractivity contribution >= 4 is 75.4 Å². The van der Waals surface area contributed by atoms with Gasteiger partial charge in [-0.15, -0.1) is 23.2 Å². The van der Waals surface area contributed by atoms with E-state index in [0.717, 1.165) is 6.42 Å². The number of fused-ring (bicyclic) bond motifs is 9. The number of ketones is 1. The topological polar surface area (TPSA) is 17.1 Å². The van der Waals surface area contributed by atoms with Crippen LogP contribution in [0.1, 0.15) is 12.8 Å². The van der Waals surface area contributed by atoms with Crippen molar-refractivity contribution in [2.75, 3.05) is 0 Å². The van der Waals surface area contributed by atoms with Crippen molar-refractivity contribution in [2.24, 2.45) is 23.7 Å². The van der Waals surface area contributed by atoms with E-state index in [1.165, 1.54) is 0 Å². The van der Waals surface area contributed by atoms with Gasteiger partial charge in [-0.1, -0.05) is 46.4 Å². The van der Waals surface area contributed by atoms with Crippen molar-refractivity contribution < 1.29 is 4.79 Å². The number of hydrogen-bond donors (Lipinski definition) is 0. The van der Waals surface area contributed by atoms with E-state index in [0.29, 0.717) is 6.42 Å². The van der Waals surface area contributed by atoms with Gasteiger partial charge >= 0.3 is 0 Å². The molecule has 19 heavy (non-hydrogen) atoms. The first kappa shape index (κ1) is 13.8. The molecular weight excluding hydrogens is 373 g/mol. The second kappa shape index (κ2) is 3.55. The number of rotatable bonds is 0. The van der Waals surface area contributed by atoms with Crippen molar-refractivity contribution in [2.45, 2.75) is 26.9 Å². The summed E-state index contributed by atoms with van der Waals surface area (Å²) in [7, 11) is 0. The molecule has 0 saturated heterocycles. The van der Waals surface area contributed by atoms with Crippen LogP contribution in [-0.4, -0.2) is 19.9 Å². The number of carbonyl (C=O) groups is 1. The van der Waals surface area contributed by atoms with E-state index in [-0.39, 0.29) is 39.5 Å². The van der Waals surface area contributed by atoms with Crippen molar-refractivity contribution in [1.29, 1.82) is 0 Å². The molecule has 7 heteroatoms. The van der Waals surface area contributed by atoms with Crippen LogP contribution in [0.25, 0.3) is 0 Å². The second-order valence-electron chi connectivity index (χ2n) is 5.95. The number of carbonyl (C=O) groups excluding carboxylic acids is 1. The zero-order chi connectivity index (χ0) is 14.0. The Bertz CT molecular complexity index is 556. The molecule has 6 unspecified atom stereocenters. The van der Waals surface area contributed by atoms with Gasteiger partial charge in [-0.05, 0) is 18.3 Å². The van der Waals surface area contributed by atoms with Crippen LogP contribution in [0.5, 0.6) is 0 Å². The summed E-state index contributed by atoms with van der Waals surface area (Å²) in [5, 5.41) is 0.453. The summed E-state index contributed by atoms with van der Waals surface area (Å²) in [6.45, 7) is 0. The summed E-state index contributed by atoms with van der Waals surface area (Å²) in [5.74, 6) is -0.0920. The smallest absolute Gasteiger partial charge is 0.166 e. The number of allylic oxidation sites excluding steroid dienone is 2. The average Bonchev–Trinajstić information content (AvgIpc) is 2.95. The highest BCUT2D eigenvalue weighted by Gasteiger charge is 2.86. The molecule has 1 nitrogen and oxygen atoms in total. The molecule has 3 fully saturated rings. The van der Waals surface area contributed by atoms with Gasteiger partial charge in [-0.3, -0.25) is 4.79 Å². The molecule has 4 bridgehead atoms. The minimum Gasteiger partial charge on any atom is -0.299 e. The normalized spacial score (nSPS) is 57.3. The minimum atomic E-state index is -1.49. The standard InChI is InChI=1S/C12H8Cl6O/c13-8-9(14)11(16)7-4-1-3(2-5(4)19)6(7)10(8,15)12(11,17)18/h3-4,6-7H,1-2H2. The molecule has 4 rings (SSSR count). The highest BCUT2D eigenvalue weighted by Crippen LogP contribution is 2.82. The highest BCUT2D eigenvalue weighted by molar-refractivity contribution is 6.65. The van der Waals surface area contributed by atoms with E-state index in [9.17, 15) is 4.79 Å². The number of hydrogen-bond acceptors (Lipinski definition) is 1. The predicted molar refractivity (Wildman–Crippen MR) is 78.5 cm³/mol. The maximum atomic E-state index is 12.0. The number of Topliss-reactive ketones (excluding diaryl/α,β-unsaturated/α-hetero) is 1. The molecule has 0 heterocycles. The largest absolute Gasteiger partial charge is 0.299 e. The van der Waals surface area contributed by atoms with E-state index < -0.39 is 14.1 Å². The first-order valence-electron chi connectivity index (χ1n) is 6.03. The molecule has 0 N–H and O–H groups in total. The van der Waals surface area contributed by atoms with Crippen molar-refractivity contribution in [1.82, 2.24) is 0 Å². The second-order valence-corrected chi connectivity index (χ2v) is 9.23. The van der Waals surface area contributed by atoms with E-state index in [2.05, 4.69) is 0 Å². The number of alkyl halides is 4. The molecule has 6 atom stereocenters. The van der Waals surface area contributed by atoms with Crippen molar-refractivity contribution in [3.8, 4) is 0 Å². The molecular formula is C12H8Cl6O. The lowest BCUT2D eigenvalue weighted by Crippen LogP contribution is -2.46. The zero-order valence-electron chi connectivity index (χ0n) is 9.40. The molecule has 3 saturated carbocycles. The lowest BCUT2D eigenvalue weighted by atomic mass is 9.72. The zero-order valence-corrected chi connectivity index (χ0v) is 13.9. The Morgan fingerprint density at radius 3 is 2.05 bits per heavy atom. The fourth-order valence-corrected chi connectivity index (χ4v) is 7.93. The third kappa shape index (κ3) is 1.11. The molecule has 0 spiro atoms. The van der Waals surface area contributed by atoms with E-state index >= 15 is 0 Å². The van der Waals surface area contributed by atoms with Gasteiger partial charge in [0.15, 0.2) is 4.33 Å². The van der Waals surface area contributed by atoms with Crippen LogP contribution in [0.3, 0.4) is 0 Å². The Labute approximate surface area is 140 Å². The van der Waals surface area contributed by atoms with Crippen LogP contribution in [0.4, 0.5) is 0 Å². The third-order valence-electron chi connectivity index (χ3n) is 5.43. The SMILES string of the molecule is O=C1CC2CC1C1C2C2(Cl)C(Cl)=C(Cl)C1(Cl)C2(Cl)Cl. The van der Waals surface area contributed by atoms with Crippen molar-refractivity contribution in [3.63, 3.8) is 0 Å². The van der Waals surface area contributed by atoms with Crippen LogP contribution in [0, 0.1) is 23.7 Å². The molecule has 0 radical (unpaired) electrons. The van der Waals surface area contributed by atoms with Crippen LogP contribution >= 0.6 is 69.6 Å². The first-order chi connectivity index (χ1) is 8.69. The minimum absolute atomic E-state index is 0.0839. The summed E-state index contributed by atoms with van der Waals surface area (Å²) in [5.41, 5.74) is 0. The molecule has 104 valence electrons. The van der Waals surface area contributed by atoms with E-state index in [4.69, 9.17) is 69.6 Å². The lowest BCUT2D eigenvalue weighted by Gasteiger charge is -2.38. The highest BCUT2D eigenvalue weighted by atomic mass is 35.5. The van der Waals surface area contributed by atoms with Crippen LogP contribution < -0.4 is 0 Å². The van der Waals surface area contributed by atoms with Crippen molar-refractivity contribution in [3.05, 3.63) is 10.1 Å². The molecule has 0 aromatic carbocycles.